The van der Waals surface area contributed by atoms with Crippen molar-refractivity contribution in [2.45, 2.75) is 66.5 Å². The molecule has 0 saturated carbocycles. The van der Waals surface area contributed by atoms with Crippen molar-refractivity contribution in [3.8, 4) is 0 Å². The zero-order chi connectivity index (χ0) is 18.3. The number of rotatable bonds is 8. The van der Waals surface area contributed by atoms with Crippen molar-refractivity contribution < 1.29 is 4.52 Å². The average Bonchev–Trinajstić information content (AvgIpc) is 2.84. The number of aromatic nitrogens is 1. The number of aryl methyl sites for hydroxylation is 2. The third-order valence-electron chi connectivity index (χ3n) is 4.37. The summed E-state index contributed by atoms with van der Waals surface area (Å²) in [5.74, 6) is 2.05. The van der Waals surface area contributed by atoms with Gasteiger partial charge in [0.1, 0.15) is 5.76 Å². The number of halogens is 1. The third kappa shape index (κ3) is 7.52. The van der Waals surface area contributed by atoms with Crippen molar-refractivity contribution in [3.63, 3.8) is 0 Å². The molecule has 2 N–H and O–H groups in total. The lowest BCUT2D eigenvalue weighted by Crippen LogP contribution is -2.45. The third-order valence-corrected chi connectivity index (χ3v) is 4.37. The van der Waals surface area contributed by atoms with Crippen molar-refractivity contribution in [2.24, 2.45) is 4.99 Å². The van der Waals surface area contributed by atoms with Gasteiger partial charge in [-0.25, -0.2) is 0 Å². The van der Waals surface area contributed by atoms with Crippen LogP contribution in [0.3, 0.4) is 0 Å². The molecule has 0 aliphatic rings. The van der Waals surface area contributed by atoms with Gasteiger partial charge in [0.15, 0.2) is 5.96 Å². The van der Waals surface area contributed by atoms with Gasteiger partial charge in [0, 0.05) is 50.2 Å². The topological polar surface area (TPSA) is 65.7 Å². The van der Waals surface area contributed by atoms with E-state index in [1.165, 1.54) is 5.56 Å². The van der Waals surface area contributed by atoms with Crippen molar-refractivity contribution in [2.75, 3.05) is 26.7 Å². The number of hydrogen-bond acceptors (Lipinski definition) is 4. The molecule has 0 bridgehead atoms. The van der Waals surface area contributed by atoms with Crippen molar-refractivity contribution in [3.05, 3.63) is 17.0 Å². The fraction of sp³-hybridized carbons (Fsp3) is 0.778. The first kappa shape index (κ1) is 24.2. The van der Waals surface area contributed by atoms with Crippen LogP contribution in [0.25, 0.3) is 0 Å². The Hall–Kier alpha value is -0.830. The summed E-state index contributed by atoms with van der Waals surface area (Å²) in [4.78, 5) is 6.77. The lowest BCUT2D eigenvalue weighted by molar-refractivity contribution is 0.178. The minimum atomic E-state index is 0. The number of aliphatic imine (C=N–C) groups is 1. The summed E-state index contributed by atoms with van der Waals surface area (Å²) in [6, 6.07) is 1.09. The van der Waals surface area contributed by atoms with Gasteiger partial charge in [-0.15, -0.1) is 24.0 Å². The maximum atomic E-state index is 5.26. The quantitative estimate of drug-likeness (QED) is 0.351. The van der Waals surface area contributed by atoms with Gasteiger partial charge in [-0.1, -0.05) is 12.1 Å². The van der Waals surface area contributed by atoms with E-state index in [1.807, 2.05) is 13.8 Å². The maximum absolute atomic E-state index is 5.26. The highest BCUT2D eigenvalue weighted by Gasteiger charge is 2.17. The zero-order valence-corrected chi connectivity index (χ0v) is 19.3. The highest BCUT2D eigenvalue weighted by molar-refractivity contribution is 14.0. The minimum absolute atomic E-state index is 0. The molecule has 0 aromatic carbocycles. The molecule has 1 atom stereocenters. The van der Waals surface area contributed by atoms with E-state index >= 15 is 0 Å². The van der Waals surface area contributed by atoms with Gasteiger partial charge in [-0.2, -0.15) is 0 Å². The largest absolute Gasteiger partial charge is 0.361 e. The van der Waals surface area contributed by atoms with Crippen LogP contribution in [0, 0.1) is 13.8 Å². The molecular weight excluding hydrogens is 429 g/mol. The maximum Gasteiger partial charge on any atom is 0.191 e. The second-order valence-corrected chi connectivity index (χ2v) is 6.94. The normalized spacial score (nSPS) is 13.3. The SMILES string of the molecule is CN=C(NCCN(C(C)C)C(C)C)NCC(C)c1c(C)noc1C.I. The fourth-order valence-electron chi connectivity index (χ4n) is 3.18. The lowest BCUT2D eigenvalue weighted by Gasteiger charge is -2.30. The molecule has 0 spiro atoms. The standard InChI is InChI=1S/C18H35N5O.HI/c1-12(2)23(13(3)4)10-9-20-18(19-8)21-11-14(5)17-15(6)22-24-16(17)7;/h12-14H,9-11H2,1-8H3,(H2,19,20,21);1H. The van der Waals surface area contributed by atoms with Crippen molar-refractivity contribution in [1.82, 2.24) is 20.7 Å². The van der Waals surface area contributed by atoms with Crippen LogP contribution < -0.4 is 10.6 Å². The van der Waals surface area contributed by atoms with E-state index in [1.54, 1.807) is 7.05 Å². The minimum Gasteiger partial charge on any atom is -0.361 e. The molecule has 7 heteroatoms. The number of hydrogen-bond donors (Lipinski definition) is 2. The van der Waals surface area contributed by atoms with E-state index in [0.717, 1.165) is 37.0 Å². The Morgan fingerprint density at radius 1 is 1.12 bits per heavy atom. The van der Waals surface area contributed by atoms with Gasteiger partial charge in [-0.05, 0) is 41.5 Å². The van der Waals surface area contributed by atoms with Crippen LogP contribution in [0.5, 0.6) is 0 Å². The summed E-state index contributed by atoms with van der Waals surface area (Å²) in [6.07, 6.45) is 0. The van der Waals surface area contributed by atoms with E-state index in [-0.39, 0.29) is 24.0 Å². The smallest absolute Gasteiger partial charge is 0.191 e. The van der Waals surface area contributed by atoms with Crippen LogP contribution >= 0.6 is 24.0 Å². The monoisotopic (exact) mass is 465 g/mol. The van der Waals surface area contributed by atoms with Gasteiger partial charge in [0.2, 0.25) is 0 Å². The molecule has 1 rings (SSSR count). The molecule has 1 aromatic rings. The highest BCUT2D eigenvalue weighted by Crippen LogP contribution is 2.22. The Balaban J connectivity index is 0.00000576. The van der Waals surface area contributed by atoms with Crippen LogP contribution in [0.4, 0.5) is 0 Å². The van der Waals surface area contributed by atoms with Crippen molar-refractivity contribution >= 4 is 29.9 Å². The fourth-order valence-corrected chi connectivity index (χ4v) is 3.18. The summed E-state index contributed by atoms with van der Waals surface area (Å²) in [6.45, 7) is 17.7. The van der Waals surface area contributed by atoms with Crippen LogP contribution in [-0.4, -0.2) is 54.8 Å². The highest BCUT2D eigenvalue weighted by atomic mass is 127. The predicted octanol–water partition coefficient (Wildman–Crippen LogP) is 3.30. The Kier molecular flexibility index (Phi) is 11.3. The number of nitrogens with one attached hydrogen (secondary N) is 2. The molecule has 0 fully saturated rings. The number of guanidine groups is 1. The van der Waals surface area contributed by atoms with Gasteiger partial charge in [0.05, 0.1) is 5.69 Å². The Morgan fingerprint density at radius 2 is 1.72 bits per heavy atom. The van der Waals surface area contributed by atoms with Crippen LogP contribution in [0.1, 0.15) is 57.6 Å². The summed E-state index contributed by atoms with van der Waals surface area (Å²) in [5, 5.41) is 10.8. The molecule has 0 aliphatic carbocycles. The van der Waals surface area contributed by atoms with E-state index < -0.39 is 0 Å². The first-order chi connectivity index (χ1) is 11.3. The average molecular weight is 465 g/mol. The molecule has 0 aliphatic heterocycles. The molecule has 0 amide bonds. The second-order valence-electron chi connectivity index (χ2n) is 6.94. The van der Waals surface area contributed by atoms with E-state index in [2.05, 4.69) is 60.3 Å². The number of nitrogens with zero attached hydrogens (tertiary/aromatic N) is 3. The summed E-state index contributed by atoms with van der Waals surface area (Å²) in [5.41, 5.74) is 2.15. The Bertz CT molecular complexity index is 500. The van der Waals surface area contributed by atoms with Crippen LogP contribution in [0.2, 0.25) is 0 Å². The van der Waals surface area contributed by atoms with E-state index in [9.17, 15) is 0 Å². The predicted molar refractivity (Wildman–Crippen MR) is 116 cm³/mol. The van der Waals surface area contributed by atoms with Crippen LogP contribution in [-0.2, 0) is 0 Å². The van der Waals surface area contributed by atoms with Gasteiger partial charge < -0.3 is 15.2 Å². The van der Waals surface area contributed by atoms with Crippen molar-refractivity contribution in [1.29, 1.82) is 0 Å². The molecule has 25 heavy (non-hydrogen) atoms. The Labute approximate surface area is 170 Å². The summed E-state index contributed by atoms with van der Waals surface area (Å²) >= 11 is 0. The molecule has 1 aromatic heterocycles. The molecular formula is C18H36IN5O. The lowest BCUT2D eigenvalue weighted by atomic mass is 10.00. The molecule has 0 radical (unpaired) electrons. The zero-order valence-electron chi connectivity index (χ0n) is 17.0. The van der Waals surface area contributed by atoms with Gasteiger partial charge in [-0.3, -0.25) is 9.89 Å². The summed E-state index contributed by atoms with van der Waals surface area (Å²) < 4.78 is 5.26. The van der Waals surface area contributed by atoms with E-state index in [4.69, 9.17) is 4.52 Å². The second kappa shape index (κ2) is 11.7. The van der Waals surface area contributed by atoms with Crippen LogP contribution in [0.15, 0.2) is 9.52 Å². The first-order valence-electron chi connectivity index (χ1n) is 8.90. The first-order valence-corrected chi connectivity index (χ1v) is 8.90. The molecule has 6 nitrogen and oxygen atoms in total. The van der Waals surface area contributed by atoms with Gasteiger partial charge >= 0.3 is 0 Å². The molecule has 1 unspecified atom stereocenters. The molecule has 1 heterocycles. The van der Waals surface area contributed by atoms with Gasteiger partial charge in [0.25, 0.3) is 0 Å². The Morgan fingerprint density at radius 3 is 2.16 bits per heavy atom. The van der Waals surface area contributed by atoms with E-state index in [0.29, 0.717) is 18.0 Å². The molecule has 146 valence electrons. The molecule has 0 saturated heterocycles. The summed E-state index contributed by atoms with van der Waals surface area (Å²) in [7, 11) is 1.80.